The lowest BCUT2D eigenvalue weighted by molar-refractivity contribution is 0.0738. The molecule has 1 N–H and O–H groups in total. The van der Waals surface area contributed by atoms with Gasteiger partial charge in [-0.1, -0.05) is 59.6 Å². The fourth-order valence-electron chi connectivity index (χ4n) is 2.67. The fourth-order valence-corrected chi connectivity index (χ4v) is 3.15. The molecule has 0 saturated carbocycles. The Morgan fingerprint density at radius 3 is 2.36 bits per heavy atom. The summed E-state index contributed by atoms with van der Waals surface area (Å²) in [5.41, 5.74) is 1.21. The maximum atomic E-state index is 10.2. The molecule has 116 valence electrons. The predicted molar refractivity (Wildman–Crippen MR) is 88.6 cm³/mol. The number of aliphatic hydroxyl groups excluding tert-OH is 1. The van der Waals surface area contributed by atoms with Crippen LogP contribution in [0.3, 0.4) is 0 Å². The second-order valence-electron chi connectivity index (χ2n) is 5.45. The van der Waals surface area contributed by atoms with Crippen LogP contribution in [0.2, 0.25) is 10.0 Å². The number of hydrogen-bond donors (Lipinski definition) is 1. The van der Waals surface area contributed by atoms with E-state index in [0.717, 1.165) is 6.54 Å². The van der Waals surface area contributed by atoms with Gasteiger partial charge in [0.1, 0.15) is 12.2 Å². The van der Waals surface area contributed by atoms with Crippen molar-refractivity contribution in [3.05, 3.63) is 64.1 Å². The molecule has 1 saturated heterocycles. The highest BCUT2D eigenvalue weighted by Gasteiger charge is 2.33. The van der Waals surface area contributed by atoms with Gasteiger partial charge in [-0.15, -0.1) is 0 Å². The zero-order chi connectivity index (χ0) is 15.5. The molecule has 0 aromatic heterocycles. The van der Waals surface area contributed by atoms with Crippen molar-refractivity contribution in [1.82, 2.24) is 4.90 Å². The highest BCUT2D eigenvalue weighted by atomic mass is 35.5. The number of β-amino-alcohol motifs (C(OH)–C–C–N with tert-alkyl or cyclic N) is 1. The van der Waals surface area contributed by atoms with E-state index in [1.807, 2.05) is 18.2 Å². The second kappa shape index (κ2) is 6.88. The second-order valence-corrected chi connectivity index (χ2v) is 6.27. The first kappa shape index (κ1) is 15.6. The van der Waals surface area contributed by atoms with Crippen LogP contribution in [0, 0.1) is 0 Å². The largest absolute Gasteiger partial charge is 0.483 e. The minimum Gasteiger partial charge on any atom is -0.483 e. The number of benzene rings is 2. The first-order valence-corrected chi connectivity index (χ1v) is 7.94. The molecule has 2 unspecified atom stereocenters. The molecule has 1 fully saturated rings. The van der Waals surface area contributed by atoms with Gasteiger partial charge in [-0.3, -0.25) is 4.90 Å². The van der Waals surface area contributed by atoms with E-state index >= 15 is 0 Å². The van der Waals surface area contributed by atoms with Crippen molar-refractivity contribution >= 4 is 23.2 Å². The third kappa shape index (κ3) is 3.55. The smallest absolute Gasteiger partial charge is 0.157 e. The van der Waals surface area contributed by atoms with Gasteiger partial charge in [0.05, 0.1) is 10.0 Å². The summed E-state index contributed by atoms with van der Waals surface area (Å²) in [6.07, 6.45) is -0.892. The van der Waals surface area contributed by atoms with E-state index in [1.54, 1.807) is 18.2 Å². The Kier molecular flexibility index (Phi) is 4.89. The Morgan fingerprint density at radius 1 is 1.00 bits per heavy atom. The Morgan fingerprint density at radius 2 is 1.68 bits per heavy atom. The molecule has 2 atom stereocenters. The van der Waals surface area contributed by atoms with E-state index < -0.39 is 6.10 Å². The van der Waals surface area contributed by atoms with Crippen molar-refractivity contribution in [2.24, 2.45) is 0 Å². The first-order valence-electron chi connectivity index (χ1n) is 7.18. The number of rotatable bonds is 4. The van der Waals surface area contributed by atoms with Crippen LogP contribution in [0.25, 0.3) is 0 Å². The highest BCUT2D eigenvalue weighted by molar-refractivity contribution is 6.37. The van der Waals surface area contributed by atoms with E-state index in [0.29, 0.717) is 28.9 Å². The average molecular weight is 338 g/mol. The third-order valence-corrected chi connectivity index (χ3v) is 4.34. The van der Waals surface area contributed by atoms with Gasteiger partial charge in [0.25, 0.3) is 0 Å². The molecule has 5 heteroatoms. The van der Waals surface area contributed by atoms with Crippen LogP contribution in [-0.4, -0.2) is 35.3 Å². The van der Waals surface area contributed by atoms with Gasteiger partial charge in [0.2, 0.25) is 0 Å². The Bertz CT molecular complexity index is 616. The van der Waals surface area contributed by atoms with Gasteiger partial charge in [0, 0.05) is 19.6 Å². The van der Waals surface area contributed by atoms with Crippen LogP contribution < -0.4 is 4.74 Å². The Balaban J connectivity index is 1.66. The summed E-state index contributed by atoms with van der Waals surface area (Å²) in [4.78, 5) is 2.16. The number of ether oxygens (including phenoxy) is 1. The van der Waals surface area contributed by atoms with Crippen LogP contribution in [-0.2, 0) is 6.54 Å². The van der Waals surface area contributed by atoms with Crippen molar-refractivity contribution in [1.29, 1.82) is 0 Å². The summed E-state index contributed by atoms with van der Waals surface area (Å²) >= 11 is 12.2. The predicted octanol–water partition coefficient (Wildman–Crippen LogP) is 3.62. The lowest BCUT2D eigenvalue weighted by Crippen LogP contribution is -2.30. The third-order valence-electron chi connectivity index (χ3n) is 3.75. The number of halogens is 2. The van der Waals surface area contributed by atoms with Crippen LogP contribution in [0.15, 0.2) is 48.5 Å². The van der Waals surface area contributed by atoms with Gasteiger partial charge in [-0.25, -0.2) is 0 Å². The zero-order valence-electron chi connectivity index (χ0n) is 12.0. The van der Waals surface area contributed by atoms with E-state index in [4.69, 9.17) is 27.9 Å². The summed E-state index contributed by atoms with van der Waals surface area (Å²) < 4.78 is 5.86. The summed E-state index contributed by atoms with van der Waals surface area (Å²) in [7, 11) is 0. The molecule has 0 aliphatic carbocycles. The van der Waals surface area contributed by atoms with Crippen LogP contribution in [0.5, 0.6) is 5.75 Å². The zero-order valence-corrected chi connectivity index (χ0v) is 13.5. The number of para-hydroxylation sites is 1. The summed E-state index contributed by atoms with van der Waals surface area (Å²) in [6, 6.07) is 15.4. The summed E-state index contributed by atoms with van der Waals surface area (Å²) in [5.74, 6) is 0.441. The van der Waals surface area contributed by atoms with Gasteiger partial charge >= 0.3 is 0 Å². The van der Waals surface area contributed by atoms with E-state index in [9.17, 15) is 5.11 Å². The number of aliphatic hydroxyl groups is 1. The standard InChI is InChI=1S/C17H17Cl2NO2/c18-13-7-4-8-14(19)17(13)22-16-11-20(10-15(16)21)9-12-5-2-1-3-6-12/h1-8,15-16,21H,9-11H2. The normalized spacial score (nSPS) is 22.0. The molecule has 1 aliphatic heterocycles. The maximum Gasteiger partial charge on any atom is 0.157 e. The quantitative estimate of drug-likeness (QED) is 0.924. The van der Waals surface area contributed by atoms with E-state index in [1.165, 1.54) is 5.56 Å². The van der Waals surface area contributed by atoms with Gasteiger partial charge in [-0.05, 0) is 17.7 Å². The van der Waals surface area contributed by atoms with Crippen LogP contribution >= 0.6 is 23.2 Å². The molecule has 2 aromatic carbocycles. The maximum absolute atomic E-state index is 10.2. The topological polar surface area (TPSA) is 32.7 Å². The lowest BCUT2D eigenvalue weighted by Gasteiger charge is -2.18. The highest BCUT2D eigenvalue weighted by Crippen LogP contribution is 2.34. The molecular weight excluding hydrogens is 321 g/mol. The van der Waals surface area contributed by atoms with Crippen molar-refractivity contribution in [2.45, 2.75) is 18.8 Å². The number of likely N-dealkylation sites (tertiary alicyclic amines) is 1. The molecule has 0 radical (unpaired) electrons. The Labute approximate surface area is 140 Å². The fraction of sp³-hybridized carbons (Fsp3) is 0.294. The molecule has 1 aliphatic rings. The van der Waals surface area contributed by atoms with Crippen molar-refractivity contribution in [3.63, 3.8) is 0 Å². The molecular formula is C17H17Cl2NO2. The summed E-state index contributed by atoms with van der Waals surface area (Å²) in [6.45, 7) is 1.99. The SMILES string of the molecule is OC1CN(Cc2ccccc2)CC1Oc1c(Cl)cccc1Cl. The first-order chi connectivity index (χ1) is 10.6. The van der Waals surface area contributed by atoms with E-state index in [-0.39, 0.29) is 6.10 Å². The molecule has 3 rings (SSSR count). The summed E-state index contributed by atoms with van der Waals surface area (Å²) in [5, 5.41) is 11.1. The Hall–Kier alpha value is -1.26. The minimum absolute atomic E-state index is 0.332. The molecule has 22 heavy (non-hydrogen) atoms. The minimum atomic E-state index is -0.559. The molecule has 0 spiro atoms. The lowest BCUT2D eigenvalue weighted by atomic mass is 10.2. The van der Waals surface area contributed by atoms with Crippen molar-refractivity contribution in [3.8, 4) is 5.75 Å². The number of nitrogens with zero attached hydrogens (tertiary/aromatic N) is 1. The number of hydrogen-bond acceptors (Lipinski definition) is 3. The molecule has 0 bridgehead atoms. The van der Waals surface area contributed by atoms with Crippen LogP contribution in [0.4, 0.5) is 0 Å². The van der Waals surface area contributed by atoms with Gasteiger partial charge in [0.15, 0.2) is 5.75 Å². The van der Waals surface area contributed by atoms with Gasteiger partial charge in [-0.2, -0.15) is 0 Å². The molecule has 0 amide bonds. The van der Waals surface area contributed by atoms with Gasteiger partial charge < -0.3 is 9.84 Å². The van der Waals surface area contributed by atoms with Crippen molar-refractivity contribution < 1.29 is 9.84 Å². The molecule has 2 aromatic rings. The average Bonchev–Trinajstić information content (AvgIpc) is 2.84. The monoisotopic (exact) mass is 337 g/mol. The van der Waals surface area contributed by atoms with Crippen LogP contribution in [0.1, 0.15) is 5.56 Å². The molecule has 1 heterocycles. The van der Waals surface area contributed by atoms with E-state index in [2.05, 4.69) is 17.0 Å². The molecule has 3 nitrogen and oxygen atoms in total. The van der Waals surface area contributed by atoms with Crippen molar-refractivity contribution in [2.75, 3.05) is 13.1 Å².